The van der Waals surface area contributed by atoms with Gasteiger partial charge in [-0.1, -0.05) is 30.4 Å². The molecule has 0 saturated carbocycles. The van der Waals surface area contributed by atoms with E-state index in [1.165, 1.54) is 56.1 Å². The smallest absolute Gasteiger partial charge is 0.0898 e. The molecule has 0 nitrogen and oxygen atoms in total. The maximum Gasteiger partial charge on any atom is 0.114 e. The monoisotopic (exact) mass is 224 g/mol. The molecule has 0 aromatic heterocycles. The zero-order valence-electron chi connectivity index (χ0n) is 11.1. The number of rotatable bonds is 2. The number of fused-ring (bicyclic) bond motifs is 2. The second-order valence-corrected chi connectivity index (χ2v) is 5.76. The van der Waals surface area contributed by atoms with E-state index in [1.54, 1.807) is 16.7 Å². The van der Waals surface area contributed by atoms with Crippen LogP contribution in [0.3, 0.4) is 0 Å². The lowest BCUT2D eigenvalue weighted by molar-refractivity contribution is 0.713. The molecule has 0 fully saturated rings. The molecular weight excluding hydrogens is 203 g/mol. The minimum Gasteiger partial charge on any atom is -0.0898 e. The van der Waals surface area contributed by atoms with Gasteiger partial charge in [0.05, 0.1) is 0 Å². The van der Waals surface area contributed by atoms with Crippen molar-refractivity contribution in [2.45, 2.75) is 64.7 Å². The standard InChI is InChI=1S/C16H21B/c1-3-10(2)15-11-6-4-8-13(11)16(17)14-9-5-7-12(14)15/h10H,3-9H2,1-2H3. The third kappa shape index (κ3) is 1.58. The minimum atomic E-state index is 0.717. The van der Waals surface area contributed by atoms with Crippen molar-refractivity contribution >= 4 is 13.3 Å². The third-order valence-corrected chi connectivity index (χ3v) is 4.84. The number of benzene rings is 1. The second kappa shape index (κ2) is 4.19. The Morgan fingerprint density at radius 2 is 1.41 bits per heavy atom. The van der Waals surface area contributed by atoms with Gasteiger partial charge >= 0.3 is 0 Å². The molecular formula is C16H21B. The molecule has 3 rings (SSSR count). The van der Waals surface area contributed by atoms with Crippen molar-refractivity contribution in [3.63, 3.8) is 0 Å². The summed E-state index contributed by atoms with van der Waals surface area (Å²) in [6.07, 6.45) is 8.86. The van der Waals surface area contributed by atoms with Gasteiger partial charge in [0.25, 0.3) is 0 Å². The Morgan fingerprint density at radius 1 is 0.941 bits per heavy atom. The molecule has 2 radical (unpaired) electrons. The maximum atomic E-state index is 6.40. The third-order valence-electron chi connectivity index (χ3n) is 4.84. The van der Waals surface area contributed by atoms with Crippen LogP contribution in [0.25, 0.3) is 0 Å². The first-order valence-electron chi connectivity index (χ1n) is 7.18. The Hall–Kier alpha value is -0.715. The van der Waals surface area contributed by atoms with E-state index in [9.17, 15) is 0 Å². The lowest BCUT2D eigenvalue weighted by atomic mass is 9.77. The summed E-state index contributed by atoms with van der Waals surface area (Å²) < 4.78 is 0. The molecule has 1 heteroatoms. The van der Waals surface area contributed by atoms with Crippen LogP contribution in [0.15, 0.2) is 0 Å². The summed E-state index contributed by atoms with van der Waals surface area (Å²) in [6, 6.07) is 0. The molecule has 0 saturated heterocycles. The average Bonchev–Trinajstić information content (AvgIpc) is 2.96. The molecule has 1 unspecified atom stereocenters. The Labute approximate surface area is 106 Å². The van der Waals surface area contributed by atoms with E-state index in [2.05, 4.69) is 13.8 Å². The Balaban J connectivity index is 2.26. The van der Waals surface area contributed by atoms with Gasteiger partial charge < -0.3 is 0 Å². The molecule has 0 N–H and O–H groups in total. The van der Waals surface area contributed by atoms with Gasteiger partial charge in [-0.05, 0) is 67.6 Å². The highest BCUT2D eigenvalue weighted by molar-refractivity contribution is 6.34. The second-order valence-electron chi connectivity index (χ2n) is 5.76. The molecule has 0 spiro atoms. The SMILES string of the molecule is [B]c1c2c(c(C(C)CC)c3c1CCC3)CCC2. The zero-order chi connectivity index (χ0) is 12.0. The van der Waals surface area contributed by atoms with Gasteiger partial charge in [-0.3, -0.25) is 0 Å². The maximum absolute atomic E-state index is 6.40. The van der Waals surface area contributed by atoms with Crippen LogP contribution in [0.2, 0.25) is 0 Å². The number of hydrogen-bond donors (Lipinski definition) is 0. The normalized spacial score (nSPS) is 19.2. The molecule has 2 aliphatic carbocycles. The fraction of sp³-hybridized carbons (Fsp3) is 0.625. The van der Waals surface area contributed by atoms with E-state index in [-0.39, 0.29) is 0 Å². The molecule has 2 aliphatic rings. The molecule has 1 aromatic carbocycles. The van der Waals surface area contributed by atoms with Gasteiger partial charge in [-0.15, -0.1) is 0 Å². The summed E-state index contributed by atoms with van der Waals surface area (Å²) >= 11 is 0. The lowest BCUT2D eigenvalue weighted by Gasteiger charge is -2.22. The van der Waals surface area contributed by atoms with Crippen molar-refractivity contribution in [2.24, 2.45) is 0 Å². The first-order valence-corrected chi connectivity index (χ1v) is 7.18. The molecule has 17 heavy (non-hydrogen) atoms. The van der Waals surface area contributed by atoms with Crippen LogP contribution in [0.4, 0.5) is 0 Å². The van der Waals surface area contributed by atoms with Crippen LogP contribution in [-0.4, -0.2) is 7.85 Å². The molecule has 1 atom stereocenters. The van der Waals surface area contributed by atoms with E-state index in [1.807, 2.05) is 0 Å². The largest absolute Gasteiger partial charge is 0.114 e. The fourth-order valence-electron chi connectivity index (χ4n) is 3.84. The first-order chi connectivity index (χ1) is 8.24. The van der Waals surface area contributed by atoms with Crippen molar-refractivity contribution < 1.29 is 0 Å². The quantitative estimate of drug-likeness (QED) is 0.677. The highest BCUT2D eigenvalue weighted by Crippen LogP contribution is 2.38. The van der Waals surface area contributed by atoms with Crippen molar-refractivity contribution in [3.8, 4) is 0 Å². The topological polar surface area (TPSA) is 0 Å². The summed E-state index contributed by atoms with van der Waals surface area (Å²) in [6.45, 7) is 4.70. The highest BCUT2D eigenvalue weighted by atomic mass is 14.3. The van der Waals surface area contributed by atoms with Crippen LogP contribution in [0, 0.1) is 0 Å². The van der Waals surface area contributed by atoms with Crippen LogP contribution in [-0.2, 0) is 25.7 Å². The predicted molar refractivity (Wildman–Crippen MR) is 74.6 cm³/mol. The van der Waals surface area contributed by atoms with Crippen molar-refractivity contribution in [3.05, 3.63) is 27.8 Å². The average molecular weight is 224 g/mol. The molecule has 0 heterocycles. The Morgan fingerprint density at radius 3 is 1.88 bits per heavy atom. The summed E-state index contributed by atoms with van der Waals surface area (Å²) in [4.78, 5) is 0. The van der Waals surface area contributed by atoms with E-state index in [0.717, 1.165) is 5.46 Å². The van der Waals surface area contributed by atoms with Crippen molar-refractivity contribution in [1.82, 2.24) is 0 Å². The minimum absolute atomic E-state index is 0.717. The molecule has 0 aliphatic heterocycles. The summed E-state index contributed by atoms with van der Waals surface area (Å²) in [7, 11) is 6.40. The zero-order valence-corrected chi connectivity index (χ0v) is 11.1. The van der Waals surface area contributed by atoms with E-state index in [0.29, 0.717) is 5.92 Å². The van der Waals surface area contributed by atoms with Crippen LogP contribution in [0.5, 0.6) is 0 Å². The fourth-order valence-corrected chi connectivity index (χ4v) is 3.84. The summed E-state index contributed by atoms with van der Waals surface area (Å²) in [5.41, 5.74) is 9.16. The lowest BCUT2D eigenvalue weighted by Crippen LogP contribution is -2.19. The van der Waals surface area contributed by atoms with Gasteiger partial charge in [0.15, 0.2) is 0 Å². The summed E-state index contributed by atoms with van der Waals surface area (Å²) in [5, 5.41) is 0. The van der Waals surface area contributed by atoms with E-state index < -0.39 is 0 Å². The van der Waals surface area contributed by atoms with Crippen molar-refractivity contribution in [2.75, 3.05) is 0 Å². The first kappa shape index (κ1) is 11.4. The predicted octanol–water partition coefficient (Wildman–Crippen LogP) is 2.97. The Bertz CT molecular complexity index is 424. The van der Waals surface area contributed by atoms with Gasteiger partial charge in [0, 0.05) is 0 Å². The van der Waals surface area contributed by atoms with E-state index in [4.69, 9.17) is 7.85 Å². The molecule has 88 valence electrons. The van der Waals surface area contributed by atoms with Gasteiger partial charge in [-0.25, -0.2) is 0 Å². The van der Waals surface area contributed by atoms with Crippen LogP contribution < -0.4 is 5.46 Å². The van der Waals surface area contributed by atoms with Gasteiger partial charge in [0.1, 0.15) is 7.85 Å². The highest BCUT2D eigenvalue weighted by Gasteiger charge is 2.27. The van der Waals surface area contributed by atoms with Gasteiger partial charge in [0.2, 0.25) is 0 Å². The molecule has 0 amide bonds. The molecule has 0 bridgehead atoms. The van der Waals surface area contributed by atoms with Crippen LogP contribution in [0.1, 0.15) is 66.8 Å². The summed E-state index contributed by atoms with van der Waals surface area (Å²) in [5.74, 6) is 0.717. The Kier molecular flexibility index (Phi) is 2.80. The molecule has 1 aromatic rings. The van der Waals surface area contributed by atoms with E-state index >= 15 is 0 Å². The van der Waals surface area contributed by atoms with Crippen molar-refractivity contribution in [1.29, 1.82) is 0 Å². The van der Waals surface area contributed by atoms with Crippen LogP contribution >= 0.6 is 0 Å². The number of hydrogen-bond acceptors (Lipinski definition) is 0. The van der Waals surface area contributed by atoms with Gasteiger partial charge in [-0.2, -0.15) is 0 Å².